The van der Waals surface area contributed by atoms with Gasteiger partial charge in [0.05, 0.1) is 6.04 Å². The predicted molar refractivity (Wildman–Crippen MR) is 58.7 cm³/mol. The zero-order valence-electron chi connectivity index (χ0n) is 7.92. The van der Waals surface area contributed by atoms with E-state index in [-0.39, 0.29) is 6.04 Å². The molecule has 0 amide bonds. The molecule has 0 aliphatic rings. The van der Waals surface area contributed by atoms with Crippen molar-refractivity contribution in [2.75, 3.05) is 18.6 Å². The Morgan fingerprint density at radius 3 is 2.50 bits per heavy atom. The molecule has 0 aromatic carbocycles. The number of Topliss-reactive ketones (excluding diaryl/α,β-unsaturated/α-hetero) is 1. The third kappa shape index (κ3) is 5.06. The fourth-order valence-corrected chi connectivity index (χ4v) is 2.73. The normalized spacial score (nSPS) is 12.9. The van der Waals surface area contributed by atoms with E-state index < -0.39 is 0 Å². The van der Waals surface area contributed by atoms with Gasteiger partial charge in [-0.25, -0.2) is 0 Å². The lowest BCUT2D eigenvalue weighted by molar-refractivity contribution is -0.120. The molecule has 0 aromatic heterocycles. The van der Waals surface area contributed by atoms with Crippen LogP contribution in [-0.4, -0.2) is 30.4 Å². The van der Waals surface area contributed by atoms with Crippen LogP contribution in [0.5, 0.6) is 0 Å². The number of carbonyl (C=O) groups excluding carboxylic acids is 1. The Labute approximate surface area is 82.7 Å². The largest absolute Gasteiger partial charge is 0.310 e. The van der Waals surface area contributed by atoms with Gasteiger partial charge in [0.25, 0.3) is 0 Å². The van der Waals surface area contributed by atoms with Crippen LogP contribution >= 0.6 is 21.6 Å². The number of nitrogens with one attached hydrogen (secondary N) is 1. The molecule has 0 radical (unpaired) electrons. The maximum atomic E-state index is 11.3. The van der Waals surface area contributed by atoms with E-state index in [1.165, 1.54) is 0 Å². The van der Waals surface area contributed by atoms with E-state index in [0.29, 0.717) is 12.2 Å². The summed E-state index contributed by atoms with van der Waals surface area (Å²) in [5.74, 6) is 2.28. The third-order valence-corrected chi connectivity index (χ3v) is 4.01. The average Bonchev–Trinajstić information content (AvgIpc) is 2.11. The van der Waals surface area contributed by atoms with Gasteiger partial charge in [-0.15, -0.1) is 0 Å². The van der Waals surface area contributed by atoms with Gasteiger partial charge in [-0.3, -0.25) is 4.79 Å². The van der Waals surface area contributed by atoms with Crippen molar-refractivity contribution in [2.45, 2.75) is 26.3 Å². The molecule has 0 aromatic rings. The van der Waals surface area contributed by atoms with Crippen LogP contribution in [-0.2, 0) is 4.79 Å². The lowest BCUT2D eigenvalue weighted by Gasteiger charge is -2.12. The van der Waals surface area contributed by atoms with Gasteiger partial charge in [-0.05, 0) is 7.05 Å². The summed E-state index contributed by atoms with van der Waals surface area (Å²) in [7, 11) is 5.41. The molecule has 4 heteroatoms. The molecule has 72 valence electrons. The molecule has 1 atom stereocenters. The van der Waals surface area contributed by atoms with Crippen molar-refractivity contribution in [3.8, 4) is 0 Å². The molecule has 0 rings (SSSR count). The highest BCUT2D eigenvalue weighted by atomic mass is 33.1. The second kappa shape index (κ2) is 7.95. The lowest BCUT2D eigenvalue weighted by atomic mass is 10.2. The smallest absolute Gasteiger partial charge is 0.150 e. The SMILES string of the molecule is CCSSCC(NC)C(=O)CC. The molecule has 0 saturated heterocycles. The van der Waals surface area contributed by atoms with Crippen LogP contribution in [0.3, 0.4) is 0 Å². The minimum Gasteiger partial charge on any atom is -0.310 e. The number of hydrogen-bond donors (Lipinski definition) is 1. The van der Waals surface area contributed by atoms with Crippen LogP contribution < -0.4 is 5.32 Å². The molecule has 0 heterocycles. The van der Waals surface area contributed by atoms with E-state index in [1.807, 2.05) is 14.0 Å². The van der Waals surface area contributed by atoms with E-state index in [1.54, 1.807) is 21.6 Å². The summed E-state index contributed by atoms with van der Waals surface area (Å²) in [5, 5.41) is 3.03. The van der Waals surface area contributed by atoms with Crippen molar-refractivity contribution in [3.63, 3.8) is 0 Å². The second-order valence-electron chi connectivity index (χ2n) is 2.35. The monoisotopic (exact) mass is 207 g/mol. The van der Waals surface area contributed by atoms with E-state index in [2.05, 4.69) is 12.2 Å². The summed E-state index contributed by atoms with van der Waals surface area (Å²) in [4.78, 5) is 11.3. The minimum absolute atomic E-state index is 0.0408. The van der Waals surface area contributed by atoms with E-state index in [9.17, 15) is 4.79 Å². The van der Waals surface area contributed by atoms with Crippen molar-refractivity contribution < 1.29 is 4.79 Å². The van der Waals surface area contributed by atoms with Crippen LogP contribution in [0.4, 0.5) is 0 Å². The van der Waals surface area contributed by atoms with Crippen molar-refractivity contribution in [3.05, 3.63) is 0 Å². The Morgan fingerprint density at radius 2 is 2.08 bits per heavy atom. The van der Waals surface area contributed by atoms with E-state index in [4.69, 9.17) is 0 Å². The number of hydrogen-bond acceptors (Lipinski definition) is 4. The number of likely N-dealkylation sites (N-methyl/N-ethyl adjacent to an activating group) is 1. The first-order chi connectivity index (χ1) is 5.76. The standard InChI is InChI=1S/C8H17NOS2/c1-4-8(10)7(9-3)6-12-11-5-2/h7,9H,4-6H2,1-3H3. The fraction of sp³-hybridized carbons (Fsp3) is 0.875. The summed E-state index contributed by atoms with van der Waals surface area (Å²) < 4.78 is 0. The molecule has 0 aliphatic carbocycles. The molecule has 2 nitrogen and oxygen atoms in total. The molecule has 1 unspecified atom stereocenters. The number of rotatable bonds is 7. The summed E-state index contributed by atoms with van der Waals surface area (Å²) in [6, 6.07) is 0.0408. The van der Waals surface area contributed by atoms with Crippen LogP contribution in [0.2, 0.25) is 0 Å². The van der Waals surface area contributed by atoms with Crippen LogP contribution in [0.15, 0.2) is 0 Å². The van der Waals surface area contributed by atoms with Gasteiger partial charge in [0, 0.05) is 17.9 Å². The Morgan fingerprint density at radius 1 is 1.42 bits per heavy atom. The van der Waals surface area contributed by atoms with Crippen LogP contribution in [0.25, 0.3) is 0 Å². The Kier molecular flexibility index (Phi) is 8.17. The number of carbonyl (C=O) groups is 1. The second-order valence-corrected chi connectivity index (χ2v) is 5.15. The zero-order chi connectivity index (χ0) is 9.40. The minimum atomic E-state index is 0.0408. The molecule has 1 N–H and O–H groups in total. The van der Waals surface area contributed by atoms with Gasteiger partial charge in [-0.1, -0.05) is 35.4 Å². The maximum Gasteiger partial charge on any atom is 0.150 e. The van der Waals surface area contributed by atoms with E-state index >= 15 is 0 Å². The van der Waals surface area contributed by atoms with Crippen molar-refractivity contribution >= 4 is 27.4 Å². The van der Waals surface area contributed by atoms with Gasteiger partial charge in [0.1, 0.15) is 5.78 Å². The van der Waals surface area contributed by atoms with Gasteiger partial charge < -0.3 is 5.32 Å². The molecule has 0 spiro atoms. The van der Waals surface area contributed by atoms with Crippen LogP contribution in [0.1, 0.15) is 20.3 Å². The highest BCUT2D eigenvalue weighted by Gasteiger charge is 2.13. The predicted octanol–water partition coefficient (Wildman–Crippen LogP) is 1.95. The zero-order valence-corrected chi connectivity index (χ0v) is 9.56. The molecular weight excluding hydrogens is 190 g/mol. The van der Waals surface area contributed by atoms with Gasteiger partial charge in [-0.2, -0.15) is 0 Å². The van der Waals surface area contributed by atoms with Crippen molar-refractivity contribution in [1.82, 2.24) is 5.32 Å². The lowest BCUT2D eigenvalue weighted by Crippen LogP contribution is -2.35. The average molecular weight is 207 g/mol. The molecule has 0 fully saturated rings. The number of ketones is 1. The fourth-order valence-electron chi connectivity index (χ4n) is 0.783. The quantitative estimate of drug-likeness (QED) is 0.510. The Balaban J connectivity index is 3.60. The first-order valence-corrected chi connectivity index (χ1v) is 6.69. The van der Waals surface area contributed by atoms with Crippen molar-refractivity contribution in [1.29, 1.82) is 0 Å². The van der Waals surface area contributed by atoms with Crippen molar-refractivity contribution in [2.24, 2.45) is 0 Å². The summed E-state index contributed by atoms with van der Waals surface area (Å²) in [6.07, 6.45) is 0.628. The van der Waals surface area contributed by atoms with Crippen LogP contribution in [0, 0.1) is 0 Å². The van der Waals surface area contributed by atoms with Gasteiger partial charge in [0.2, 0.25) is 0 Å². The Hall–Kier alpha value is 0.330. The summed E-state index contributed by atoms with van der Waals surface area (Å²) >= 11 is 0. The maximum absolute atomic E-state index is 11.3. The van der Waals surface area contributed by atoms with Gasteiger partial charge >= 0.3 is 0 Å². The molecule has 0 bridgehead atoms. The first-order valence-electron chi connectivity index (χ1n) is 4.20. The molecule has 0 aliphatic heterocycles. The van der Waals surface area contributed by atoms with E-state index in [0.717, 1.165) is 11.5 Å². The Bertz CT molecular complexity index is 130. The summed E-state index contributed by atoms with van der Waals surface area (Å²) in [5.41, 5.74) is 0. The highest BCUT2D eigenvalue weighted by molar-refractivity contribution is 8.76. The molecule has 12 heavy (non-hydrogen) atoms. The first kappa shape index (κ1) is 12.3. The highest BCUT2D eigenvalue weighted by Crippen LogP contribution is 2.21. The molecular formula is C8H17NOS2. The topological polar surface area (TPSA) is 29.1 Å². The summed E-state index contributed by atoms with van der Waals surface area (Å²) in [6.45, 7) is 4.03. The molecule has 0 saturated carbocycles. The third-order valence-electron chi connectivity index (χ3n) is 1.52. The van der Waals surface area contributed by atoms with Gasteiger partial charge in [0.15, 0.2) is 0 Å².